The largest absolute Gasteiger partial charge is 0.304 e. The number of halogens is 1. The van der Waals surface area contributed by atoms with Gasteiger partial charge in [0.2, 0.25) is 0 Å². The van der Waals surface area contributed by atoms with E-state index in [0.29, 0.717) is 5.02 Å². The standard InChI is InChI=1S/C12H16ClN5/c1-3-6-14-12(11-8-16-17-18(11)2)10-5-4-9(13)7-15-10/h4-5,7-8,12,14H,3,6H2,1-2H3. The molecular weight excluding hydrogens is 250 g/mol. The van der Waals surface area contributed by atoms with Gasteiger partial charge in [0.15, 0.2) is 0 Å². The summed E-state index contributed by atoms with van der Waals surface area (Å²) >= 11 is 5.86. The van der Waals surface area contributed by atoms with Crippen LogP contribution in [0.4, 0.5) is 0 Å². The van der Waals surface area contributed by atoms with Crippen LogP contribution in [-0.4, -0.2) is 26.5 Å². The summed E-state index contributed by atoms with van der Waals surface area (Å²) in [7, 11) is 1.87. The molecule has 0 fully saturated rings. The van der Waals surface area contributed by atoms with Crippen molar-refractivity contribution in [1.82, 2.24) is 25.3 Å². The molecule has 96 valence electrons. The van der Waals surface area contributed by atoms with E-state index in [-0.39, 0.29) is 6.04 Å². The van der Waals surface area contributed by atoms with E-state index in [1.54, 1.807) is 17.1 Å². The fourth-order valence-electron chi connectivity index (χ4n) is 1.77. The molecule has 0 aliphatic heterocycles. The number of hydrogen-bond acceptors (Lipinski definition) is 4. The summed E-state index contributed by atoms with van der Waals surface area (Å²) in [5, 5.41) is 12.0. The van der Waals surface area contributed by atoms with Gasteiger partial charge in [-0.3, -0.25) is 9.67 Å². The molecule has 1 atom stereocenters. The molecule has 1 N–H and O–H groups in total. The van der Waals surface area contributed by atoms with Gasteiger partial charge in [0.1, 0.15) is 0 Å². The molecule has 0 aromatic carbocycles. The van der Waals surface area contributed by atoms with Gasteiger partial charge in [0, 0.05) is 13.2 Å². The predicted molar refractivity (Wildman–Crippen MR) is 70.4 cm³/mol. The fraction of sp³-hybridized carbons (Fsp3) is 0.417. The molecule has 0 saturated carbocycles. The van der Waals surface area contributed by atoms with Crippen LogP contribution in [0.1, 0.15) is 30.8 Å². The van der Waals surface area contributed by atoms with Gasteiger partial charge in [-0.1, -0.05) is 23.7 Å². The maximum atomic E-state index is 5.86. The molecule has 0 bridgehead atoms. The van der Waals surface area contributed by atoms with Crippen LogP contribution in [-0.2, 0) is 7.05 Å². The van der Waals surface area contributed by atoms with Crippen molar-refractivity contribution in [3.05, 3.63) is 40.9 Å². The van der Waals surface area contributed by atoms with Gasteiger partial charge < -0.3 is 5.32 Å². The van der Waals surface area contributed by atoms with Gasteiger partial charge >= 0.3 is 0 Å². The van der Waals surface area contributed by atoms with E-state index in [1.165, 1.54) is 0 Å². The van der Waals surface area contributed by atoms with E-state index in [2.05, 4.69) is 27.5 Å². The van der Waals surface area contributed by atoms with Crippen molar-refractivity contribution in [2.75, 3.05) is 6.54 Å². The average Bonchev–Trinajstić information content (AvgIpc) is 2.78. The molecule has 2 aromatic rings. The quantitative estimate of drug-likeness (QED) is 0.898. The monoisotopic (exact) mass is 265 g/mol. The zero-order valence-corrected chi connectivity index (χ0v) is 11.2. The lowest BCUT2D eigenvalue weighted by molar-refractivity contribution is 0.541. The van der Waals surface area contributed by atoms with Gasteiger partial charge in [-0.25, -0.2) is 0 Å². The van der Waals surface area contributed by atoms with Crippen LogP contribution in [0.2, 0.25) is 5.02 Å². The third-order valence-corrected chi connectivity index (χ3v) is 2.91. The summed E-state index contributed by atoms with van der Waals surface area (Å²) in [6.07, 6.45) is 4.46. The Kier molecular flexibility index (Phi) is 4.28. The second-order valence-corrected chi connectivity index (χ2v) is 4.51. The minimum absolute atomic E-state index is 0.0118. The Bertz CT molecular complexity index is 493. The smallest absolute Gasteiger partial charge is 0.0938 e. The van der Waals surface area contributed by atoms with Crippen molar-refractivity contribution in [3.8, 4) is 0 Å². The van der Waals surface area contributed by atoms with Crippen LogP contribution in [0.5, 0.6) is 0 Å². The molecule has 2 aromatic heterocycles. The molecule has 0 radical (unpaired) electrons. The third-order valence-electron chi connectivity index (χ3n) is 2.69. The summed E-state index contributed by atoms with van der Waals surface area (Å²) in [5.74, 6) is 0. The highest BCUT2D eigenvalue weighted by Crippen LogP contribution is 2.20. The zero-order chi connectivity index (χ0) is 13.0. The summed E-state index contributed by atoms with van der Waals surface area (Å²) < 4.78 is 1.75. The Morgan fingerprint density at radius 3 is 2.78 bits per heavy atom. The van der Waals surface area contributed by atoms with E-state index < -0.39 is 0 Å². The van der Waals surface area contributed by atoms with E-state index in [4.69, 9.17) is 11.6 Å². The highest BCUT2D eigenvalue weighted by atomic mass is 35.5. The molecule has 0 amide bonds. The number of nitrogens with one attached hydrogen (secondary N) is 1. The summed E-state index contributed by atoms with van der Waals surface area (Å²) in [6.45, 7) is 3.03. The molecule has 0 saturated heterocycles. The van der Waals surface area contributed by atoms with Gasteiger partial charge in [0.25, 0.3) is 0 Å². The average molecular weight is 266 g/mol. The van der Waals surface area contributed by atoms with E-state index in [1.807, 2.05) is 19.2 Å². The van der Waals surface area contributed by atoms with Gasteiger partial charge in [-0.2, -0.15) is 0 Å². The Labute approximate surface area is 111 Å². The van der Waals surface area contributed by atoms with Crippen LogP contribution in [0.25, 0.3) is 0 Å². The number of aryl methyl sites for hydroxylation is 1. The number of rotatable bonds is 5. The summed E-state index contributed by atoms with van der Waals surface area (Å²) in [4.78, 5) is 4.37. The number of pyridine rings is 1. The van der Waals surface area contributed by atoms with Crippen LogP contribution in [0.15, 0.2) is 24.5 Å². The number of aromatic nitrogens is 4. The molecule has 0 aliphatic rings. The molecule has 18 heavy (non-hydrogen) atoms. The van der Waals surface area contributed by atoms with Crippen molar-refractivity contribution in [1.29, 1.82) is 0 Å². The topological polar surface area (TPSA) is 55.6 Å². The highest BCUT2D eigenvalue weighted by molar-refractivity contribution is 6.30. The number of nitrogens with zero attached hydrogens (tertiary/aromatic N) is 4. The predicted octanol–water partition coefficient (Wildman–Crippen LogP) is 1.95. The van der Waals surface area contributed by atoms with Crippen LogP contribution >= 0.6 is 11.6 Å². The maximum Gasteiger partial charge on any atom is 0.0938 e. The van der Waals surface area contributed by atoms with Crippen LogP contribution in [0, 0.1) is 0 Å². The molecule has 0 spiro atoms. The zero-order valence-electron chi connectivity index (χ0n) is 10.5. The number of hydrogen-bond donors (Lipinski definition) is 1. The first-order valence-electron chi connectivity index (χ1n) is 5.91. The second-order valence-electron chi connectivity index (χ2n) is 4.07. The van der Waals surface area contributed by atoms with Crippen molar-refractivity contribution < 1.29 is 0 Å². The third kappa shape index (κ3) is 2.86. The molecule has 6 heteroatoms. The summed E-state index contributed by atoms with van der Waals surface area (Å²) in [6, 6.07) is 3.75. The first kappa shape index (κ1) is 13.0. The highest BCUT2D eigenvalue weighted by Gasteiger charge is 2.18. The Morgan fingerprint density at radius 1 is 1.39 bits per heavy atom. The molecule has 1 unspecified atom stereocenters. The first-order valence-corrected chi connectivity index (χ1v) is 6.29. The minimum atomic E-state index is -0.0118. The Hall–Kier alpha value is -1.46. The van der Waals surface area contributed by atoms with Crippen molar-refractivity contribution in [3.63, 3.8) is 0 Å². The molecule has 2 rings (SSSR count). The van der Waals surface area contributed by atoms with Gasteiger partial charge in [-0.15, -0.1) is 5.10 Å². The first-order chi connectivity index (χ1) is 8.72. The Morgan fingerprint density at radius 2 is 2.22 bits per heavy atom. The van der Waals surface area contributed by atoms with Gasteiger partial charge in [0.05, 0.1) is 28.6 Å². The van der Waals surface area contributed by atoms with Crippen molar-refractivity contribution in [2.45, 2.75) is 19.4 Å². The lowest BCUT2D eigenvalue weighted by atomic mass is 10.1. The molecule has 0 aliphatic carbocycles. The van der Waals surface area contributed by atoms with Crippen molar-refractivity contribution >= 4 is 11.6 Å². The van der Waals surface area contributed by atoms with Gasteiger partial charge in [-0.05, 0) is 25.1 Å². The van der Waals surface area contributed by atoms with Crippen LogP contribution in [0.3, 0.4) is 0 Å². The van der Waals surface area contributed by atoms with Crippen molar-refractivity contribution in [2.24, 2.45) is 7.05 Å². The Balaban J connectivity index is 2.30. The minimum Gasteiger partial charge on any atom is -0.304 e. The van der Waals surface area contributed by atoms with E-state index in [9.17, 15) is 0 Å². The van der Waals surface area contributed by atoms with E-state index in [0.717, 1.165) is 24.4 Å². The molecule has 5 nitrogen and oxygen atoms in total. The summed E-state index contributed by atoms with van der Waals surface area (Å²) in [5.41, 5.74) is 1.90. The molecular formula is C12H16ClN5. The fourth-order valence-corrected chi connectivity index (χ4v) is 1.88. The second kappa shape index (κ2) is 5.93. The molecule has 2 heterocycles. The van der Waals surface area contributed by atoms with Crippen LogP contribution < -0.4 is 5.32 Å². The lowest BCUT2D eigenvalue weighted by Gasteiger charge is -2.17. The van der Waals surface area contributed by atoms with E-state index >= 15 is 0 Å². The lowest BCUT2D eigenvalue weighted by Crippen LogP contribution is -2.26. The maximum absolute atomic E-state index is 5.86. The normalized spacial score (nSPS) is 12.6. The SMILES string of the molecule is CCCNC(c1ccc(Cl)cn1)c1cnnn1C.